The third kappa shape index (κ3) is 5.08. The minimum Gasteiger partial charge on any atom is -0.336 e. The quantitative estimate of drug-likeness (QED) is 0.571. The summed E-state index contributed by atoms with van der Waals surface area (Å²) in [6.07, 6.45) is 8.08. The molecule has 3 amide bonds. The largest absolute Gasteiger partial charge is 0.336 e. The van der Waals surface area contributed by atoms with Gasteiger partial charge in [-0.15, -0.1) is 0 Å². The molecule has 1 heterocycles. The van der Waals surface area contributed by atoms with Gasteiger partial charge in [-0.2, -0.15) is 0 Å². The molecule has 7 nitrogen and oxygen atoms in total. The van der Waals surface area contributed by atoms with Crippen LogP contribution in [0.3, 0.4) is 0 Å². The maximum Gasteiger partial charge on any atom is 0.336 e. The summed E-state index contributed by atoms with van der Waals surface area (Å²) < 4.78 is 26.9. The van der Waals surface area contributed by atoms with Crippen LogP contribution in [-0.4, -0.2) is 42.1 Å². The van der Waals surface area contributed by atoms with Crippen molar-refractivity contribution in [2.24, 2.45) is 0 Å². The first-order chi connectivity index (χ1) is 16.3. The van der Waals surface area contributed by atoms with Crippen molar-refractivity contribution in [3.63, 3.8) is 0 Å². The molecule has 9 heteroatoms. The van der Waals surface area contributed by atoms with Crippen LogP contribution in [0.25, 0.3) is 0 Å². The summed E-state index contributed by atoms with van der Waals surface area (Å²) >= 11 is 5.97. The monoisotopic (exact) mass is 503 g/mol. The van der Waals surface area contributed by atoms with Crippen molar-refractivity contribution in [2.45, 2.75) is 69.4 Å². The highest BCUT2D eigenvalue weighted by Gasteiger charge is 2.37. The number of rotatable bonds is 5. The Kier molecular flexibility index (Phi) is 7.48. The van der Waals surface area contributed by atoms with E-state index in [1.807, 2.05) is 11.8 Å². The Morgan fingerprint density at radius 3 is 2.35 bits per heavy atom. The van der Waals surface area contributed by atoms with E-state index < -0.39 is 16.1 Å². The van der Waals surface area contributed by atoms with Crippen molar-refractivity contribution in [3.8, 4) is 0 Å². The van der Waals surface area contributed by atoms with Gasteiger partial charge in [0.15, 0.2) is 0 Å². The predicted octanol–water partition coefficient (Wildman–Crippen LogP) is 5.65. The number of nitrogens with one attached hydrogen (secondary N) is 1. The summed E-state index contributed by atoms with van der Waals surface area (Å²) in [6, 6.07) is 10.7. The number of carbonyl (C=O) groups excluding carboxylic acids is 2. The van der Waals surface area contributed by atoms with Crippen molar-refractivity contribution in [2.75, 3.05) is 11.9 Å². The zero-order valence-electron chi connectivity index (χ0n) is 19.3. The first kappa shape index (κ1) is 24.5. The van der Waals surface area contributed by atoms with E-state index >= 15 is 0 Å². The number of anilines is 1. The van der Waals surface area contributed by atoms with Crippen molar-refractivity contribution >= 4 is 39.2 Å². The number of hydrogen-bond acceptors (Lipinski definition) is 4. The number of hydrogen-bond donors (Lipinski definition) is 1. The van der Waals surface area contributed by atoms with Crippen molar-refractivity contribution < 1.29 is 18.0 Å². The maximum absolute atomic E-state index is 13.2. The number of sulfonamides is 1. The van der Waals surface area contributed by atoms with Gasteiger partial charge in [-0.25, -0.2) is 17.5 Å². The van der Waals surface area contributed by atoms with Gasteiger partial charge >= 0.3 is 6.03 Å². The molecule has 0 bridgehead atoms. The second-order valence-electron chi connectivity index (χ2n) is 8.87. The fraction of sp³-hybridized carbons (Fsp3) is 0.440. The molecule has 0 atom stereocenters. The lowest BCUT2D eigenvalue weighted by Gasteiger charge is -2.32. The second-order valence-corrected chi connectivity index (χ2v) is 11.1. The Labute approximate surface area is 206 Å². The van der Waals surface area contributed by atoms with E-state index in [-0.39, 0.29) is 34.1 Å². The molecule has 0 unspecified atom stereocenters. The summed E-state index contributed by atoms with van der Waals surface area (Å²) in [7, 11) is -4.06. The summed E-state index contributed by atoms with van der Waals surface area (Å²) in [5, 5.41) is 2.87. The third-order valence-corrected chi connectivity index (χ3v) is 8.63. The van der Waals surface area contributed by atoms with E-state index in [0.29, 0.717) is 17.7 Å². The molecule has 0 aromatic heterocycles. The number of carbonyl (C=O) groups is 2. The SMILES string of the molecule is CCN(C(=O)c1ccc(CN2C(=O)Nc3ccc(Cl)cc3S2(=O)=O)cc1)C1CCCCCCC1. The molecule has 1 aliphatic heterocycles. The molecule has 2 aromatic carbocycles. The smallest absolute Gasteiger partial charge is 0.336 e. The van der Waals surface area contributed by atoms with Gasteiger partial charge in [-0.1, -0.05) is 55.8 Å². The Morgan fingerprint density at radius 1 is 1.06 bits per heavy atom. The summed E-state index contributed by atoms with van der Waals surface area (Å²) in [5.74, 6) is -0.00784. The van der Waals surface area contributed by atoms with Crippen molar-refractivity contribution in [3.05, 3.63) is 58.6 Å². The molecule has 2 aromatic rings. The van der Waals surface area contributed by atoms with Gasteiger partial charge in [-0.3, -0.25) is 4.79 Å². The van der Waals surface area contributed by atoms with E-state index in [1.54, 1.807) is 24.3 Å². The average molecular weight is 504 g/mol. The van der Waals surface area contributed by atoms with Gasteiger partial charge in [0.2, 0.25) is 0 Å². The number of benzene rings is 2. The fourth-order valence-corrected chi connectivity index (χ4v) is 6.50. The summed E-state index contributed by atoms with van der Waals surface area (Å²) in [6.45, 7) is 2.52. The standard InChI is InChI=1S/C25H30ClN3O4S/c1-2-28(21-8-6-4-3-5-7-9-21)24(30)19-12-10-18(11-13-19)17-29-25(31)27-22-15-14-20(26)16-23(22)34(29,32)33/h10-16,21H,2-9,17H2,1H3,(H,27,31). The average Bonchev–Trinajstić information content (AvgIpc) is 2.79. The highest BCUT2D eigenvalue weighted by atomic mass is 35.5. The molecule has 1 N–H and O–H groups in total. The van der Waals surface area contributed by atoms with E-state index in [2.05, 4.69) is 5.32 Å². The molecule has 0 radical (unpaired) electrons. The summed E-state index contributed by atoms with van der Waals surface area (Å²) in [5.41, 5.74) is 1.38. The van der Waals surface area contributed by atoms with Crippen LogP contribution in [0.5, 0.6) is 0 Å². The van der Waals surface area contributed by atoms with Gasteiger partial charge in [-0.05, 0) is 55.7 Å². The van der Waals surface area contributed by atoms with E-state index in [1.165, 1.54) is 37.5 Å². The fourth-order valence-electron chi connectivity index (χ4n) is 4.77. The van der Waals surface area contributed by atoms with Crippen LogP contribution in [0.15, 0.2) is 47.4 Å². The lowest BCUT2D eigenvalue weighted by atomic mass is 9.95. The molecular formula is C25H30ClN3O4S. The third-order valence-electron chi connectivity index (χ3n) is 6.62. The number of fused-ring (bicyclic) bond motifs is 1. The molecule has 1 saturated carbocycles. The topological polar surface area (TPSA) is 86.8 Å². The van der Waals surface area contributed by atoms with E-state index in [9.17, 15) is 18.0 Å². The van der Waals surface area contributed by atoms with Crippen LogP contribution >= 0.6 is 11.6 Å². The highest BCUT2D eigenvalue weighted by Crippen LogP contribution is 2.33. The Morgan fingerprint density at radius 2 is 1.71 bits per heavy atom. The molecule has 1 aliphatic carbocycles. The molecule has 182 valence electrons. The zero-order valence-corrected chi connectivity index (χ0v) is 20.9. The zero-order chi connectivity index (χ0) is 24.3. The molecule has 2 aliphatic rings. The number of nitrogens with zero attached hydrogens (tertiary/aromatic N) is 2. The first-order valence-electron chi connectivity index (χ1n) is 11.8. The van der Waals surface area contributed by atoms with Crippen LogP contribution in [-0.2, 0) is 16.6 Å². The van der Waals surface area contributed by atoms with Crippen molar-refractivity contribution in [1.29, 1.82) is 0 Å². The highest BCUT2D eigenvalue weighted by molar-refractivity contribution is 7.90. The van der Waals surface area contributed by atoms with Crippen molar-refractivity contribution in [1.82, 2.24) is 9.21 Å². The van der Waals surface area contributed by atoms with Crippen LogP contribution in [0.2, 0.25) is 5.02 Å². The lowest BCUT2D eigenvalue weighted by molar-refractivity contribution is 0.0660. The van der Waals surface area contributed by atoms with E-state index in [0.717, 1.165) is 30.0 Å². The Balaban J connectivity index is 1.50. The first-order valence-corrected chi connectivity index (χ1v) is 13.7. The molecular weight excluding hydrogens is 474 g/mol. The minimum atomic E-state index is -4.06. The second kappa shape index (κ2) is 10.4. The molecule has 34 heavy (non-hydrogen) atoms. The molecule has 4 rings (SSSR count). The minimum absolute atomic E-state index is 0.00784. The van der Waals surface area contributed by atoms with E-state index in [4.69, 9.17) is 11.6 Å². The Hall–Kier alpha value is -2.58. The van der Waals surface area contributed by atoms with Gasteiger partial charge < -0.3 is 10.2 Å². The van der Waals surface area contributed by atoms with Gasteiger partial charge in [0, 0.05) is 23.2 Å². The van der Waals surface area contributed by atoms with Gasteiger partial charge in [0.05, 0.1) is 12.2 Å². The molecule has 0 spiro atoms. The number of amides is 3. The van der Waals surface area contributed by atoms with Gasteiger partial charge in [0.25, 0.3) is 15.9 Å². The predicted molar refractivity (Wildman–Crippen MR) is 132 cm³/mol. The van der Waals surface area contributed by atoms with Crippen LogP contribution in [0.1, 0.15) is 67.8 Å². The number of halogens is 1. The molecule has 1 fully saturated rings. The normalized spacial score (nSPS) is 18.4. The Bertz CT molecular complexity index is 1160. The van der Waals surface area contributed by atoms with Gasteiger partial charge in [0.1, 0.15) is 4.90 Å². The van der Waals surface area contributed by atoms with Crippen LogP contribution in [0.4, 0.5) is 10.5 Å². The molecule has 0 saturated heterocycles. The van der Waals surface area contributed by atoms with Crippen LogP contribution in [0, 0.1) is 0 Å². The van der Waals surface area contributed by atoms with Crippen LogP contribution < -0.4 is 5.32 Å². The number of urea groups is 1. The lowest BCUT2D eigenvalue weighted by Crippen LogP contribution is -2.43. The maximum atomic E-state index is 13.2. The summed E-state index contributed by atoms with van der Waals surface area (Å²) in [4.78, 5) is 27.7.